The molecule has 8 nitrogen and oxygen atoms in total. The molecule has 0 aliphatic heterocycles. The van der Waals surface area contributed by atoms with Crippen LogP contribution in [-0.4, -0.2) is 80.6 Å². The number of likely N-dealkylation sites (N-methyl/N-ethyl adjacent to an activating group) is 1. The number of aliphatic carboxylic acids is 1. The minimum absolute atomic E-state index is 0.0245. The number of allylic oxidation sites excluding steroid dienone is 10. The fourth-order valence-electron chi connectivity index (χ4n) is 3.99. The number of ether oxygens (including phenoxy) is 3. The van der Waals surface area contributed by atoms with Gasteiger partial charge in [0.2, 0.25) is 0 Å². The number of carbonyl (C=O) groups is 3. The van der Waals surface area contributed by atoms with Crippen molar-refractivity contribution in [3.05, 3.63) is 60.8 Å². The van der Waals surface area contributed by atoms with E-state index in [-0.39, 0.29) is 49.1 Å². The first kappa shape index (κ1) is 40.0. The zero-order valence-corrected chi connectivity index (χ0v) is 27.4. The zero-order chi connectivity index (χ0) is 32.2. The molecule has 1 N–H and O–H groups in total. The van der Waals surface area contributed by atoms with E-state index in [1.807, 2.05) is 33.3 Å². The lowest BCUT2D eigenvalue weighted by atomic mass is 10.1. The number of quaternary nitrogens is 1. The van der Waals surface area contributed by atoms with Crippen molar-refractivity contribution in [2.75, 3.05) is 41.0 Å². The van der Waals surface area contributed by atoms with Gasteiger partial charge in [0.1, 0.15) is 6.61 Å². The highest BCUT2D eigenvalue weighted by Crippen LogP contribution is 2.10. The third-order valence-corrected chi connectivity index (χ3v) is 6.43. The van der Waals surface area contributed by atoms with Gasteiger partial charge in [-0.3, -0.25) is 9.59 Å². The summed E-state index contributed by atoms with van der Waals surface area (Å²) in [4.78, 5) is 36.4. The number of carboxylic acids is 1. The molecule has 0 aliphatic carbocycles. The molecule has 0 heterocycles. The third kappa shape index (κ3) is 25.3. The predicted molar refractivity (Wildman–Crippen MR) is 174 cm³/mol. The summed E-state index contributed by atoms with van der Waals surface area (Å²) in [5, 5.41) is 9.52. The monoisotopic (exact) mass is 604 g/mol. The van der Waals surface area contributed by atoms with Crippen molar-refractivity contribution in [2.24, 2.45) is 0 Å². The highest BCUT2D eigenvalue weighted by molar-refractivity contribution is 5.72. The van der Waals surface area contributed by atoms with Crippen molar-refractivity contribution >= 4 is 17.9 Å². The molecular weight excluding hydrogens is 546 g/mol. The largest absolute Gasteiger partial charge is 0.477 e. The average Bonchev–Trinajstić information content (AvgIpc) is 2.94. The van der Waals surface area contributed by atoms with E-state index in [1.165, 1.54) is 0 Å². The Morgan fingerprint density at radius 2 is 1.26 bits per heavy atom. The van der Waals surface area contributed by atoms with E-state index in [0.717, 1.165) is 44.9 Å². The first-order chi connectivity index (χ1) is 20.6. The summed E-state index contributed by atoms with van der Waals surface area (Å²) >= 11 is 0. The molecule has 0 amide bonds. The van der Waals surface area contributed by atoms with Crippen LogP contribution in [0, 0.1) is 0 Å². The topological polar surface area (TPSA) is 99.1 Å². The molecule has 0 aromatic carbocycles. The lowest BCUT2D eigenvalue weighted by molar-refractivity contribution is -0.887. The number of nitrogens with zero attached hydrogens (tertiary/aromatic N) is 1. The Morgan fingerprint density at radius 1 is 0.698 bits per heavy atom. The SMILES string of the molecule is CC/C=C/C/C=C/C/C=C/CCCCC(=O)OC(COCCC(C(=O)O)[N+](C)(C)C)COC(=O)CC/C=C/C/C=C/CC. The number of hydrogen-bond acceptors (Lipinski definition) is 6. The Morgan fingerprint density at radius 3 is 1.81 bits per heavy atom. The molecule has 0 radical (unpaired) electrons. The highest BCUT2D eigenvalue weighted by atomic mass is 16.6. The van der Waals surface area contributed by atoms with Crippen LogP contribution in [0.25, 0.3) is 0 Å². The molecule has 0 rings (SSSR count). The summed E-state index contributed by atoms with van der Waals surface area (Å²) in [6, 6.07) is -0.627. The van der Waals surface area contributed by atoms with Crippen molar-refractivity contribution in [2.45, 2.75) is 103 Å². The average molecular weight is 605 g/mol. The van der Waals surface area contributed by atoms with E-state index in [4.69, 9.17) is 14.2 Å². The number of hydrogen-bond donors (Lipinski definition) is 1. The highest BCUT2D eigenvalue weighted by Gasteiger charge is 2.31. The van der Waals surface area contributed by atoms with Crippen LogP contribution < -0.4 is 0 Å². The minimum atomic E-state index is -0.894. The second kappa shape index (κ2) is 26.6. The molecule has 43 heavy (non-hydrogen) atoms. The molecule has 2 atom stereocenters. The second-order valence-electron chi connectivity index (χ2n) is 11.3. The van der Waals surface area contributed by atoms with Crippen molar-refractivity contribution < 1.29 is 38.2 Å². The summed E-state index contributed by atoms with van der Waals surface area (Å²) in [7, 11) is 5.46. The van der Waals surface area contributed by atoms with Crippen LogP contribution in [-0.2, 0) is 28.6 Å². The first-order valence-corrected chi connectivity index (χ1v) is 15.8. The molecule has 8 heteroatoms. The molecule has 0 saturated heterocycles. The molecule has 244 valence electrons. The van der Waals surface area contributed by atoms with Gasteiger partial charge in [0.15, 0.2) is 12.1 Å². The maximum atomic E-state index is 12.5. The number of unbranched alkanes of at least 4 members (excludes halogenated alkanes) is 2. The summed E-state index contributed by atoms with van der Waals surface area (Å²) in [6.07, 6.45) is 28.9. The van der Waals surface area contributed by atoms with Crippen LogP contribution in [0.3, 0.4) is 0 Å². The van der Waals surface area contributed by atoms with Gasteiger partial charge in [-0.1, -0.05) is 74.6 Å². The third-order valence-electron chi connectivity index (χ3n) is 6.43. The second-order valence-corrected chi connectivity index (χ2v) is 11.3. The van der Waals surface area contributed by atoms with E-state index in [2.05, 4.69) is 62.5 Å². The van der Waals surface area contributed by atoms with Crippen LogP contribution in [0.5, 0.6) is 0 Å². The molecular formula is C35H58NO7+. The van der Waals surface area contributed by atoms with Gasteiger partial charge in [0.05, 0.1) is 34.4 Å². The van der Waals surface area contributed by atoms with Gasteiger partial charge < -0.3 is 23.8 Å². The molecule has 0 spiro atoms. The lowest BCUT2D eigenvalue weighted by Crippen LogP contribution is -2.50. The zero-order valence-electron chi connectivity index (χ0n) is 27.4. The van der Waals surface area contributed by atoms with E-state index in [9.17, 15) is 19.5 Å². The van der Waals surface area contributed by atoms with E-state index < -0.39 is 18.1 Å². The summed E-state index contributed by atoms with van der Waals surface area (Å²) in [5.41, 5.74) is 0. The van der Waals surface area contributed by atoms with Crippen molar-refractivity contribution in [1.29, 1.82) is 0 Å². The van der Waals surface area contributed by atoms with Crippen LogP contribution in [0.4, 0.5) is 0 Å². The Labute approximate surface area is 260 Å². The maximum absolute atomic E-state index is 12.5. The quantitative estimate of drug-likeness (QED) is 0.0486. The van der Waals surface area contributed by atoms with Gasteiger partial charge in [-0.05, 0) is 57.8 Å². The molecule has 0 aromatic rings. The van der Waals surface area contributed by atoms with Crippen molar-refractivity contribution in [3.63, 3.8) is 0 Å². The van der Waals surface area contributed by atoms with Crippen LogP contribution >= 0.6 is 0 Å². The van der Waals surface area contributed by atoms with Crippen molar-refractivity contribution in [3.8, 4) is 0 Å². The van der Waals surface area contributed by atoms with Crippen LogP contribution in [0.15, 0.2) is 60.8 Å². The summed E-state index contributed by atoms with van der Waals surface area (Å²) in [6.45, 7) is 4.31. The fraction of sp³-hybridized carbons (Fsp3) is 0.629. The Bertz CT molecular complexity index is 896. The van der Waals surface area contributed by atoms with Crippen LogP contribution in [0.2, 0.25) is 0 Å². The van der Waals surface area contributed by atoms with E-state index in [0.29, 0.717) is 19.3 Å². The Balaban J connectivity index is 4.64. The predicted octanol–water partition coefficient (Wildman–Crippen LogP) is 7.12. The molecule has 0 bridgehead atoms. The number of rotatable bonds is 26. The molecule has 2 unspecified atom stereocenters. The Hall–Kier alpha value is -2.97. The summed E-state index contributed by atoms with van der Waals surface area (Å²) in [5.74, 6) is -1.63. The maximum Gasteiger partial charge on any atom is 0.362 e. The van der Waals surface area contributed by atoms with Crippen LogP contribution in [0.1, 0.15) is 90.9 Å². The lowest BCUT2D eigenvalue weighted by Gasteiger charge is -2.31. The molecule has 0 aromatic heterocycles. The van der Waals surface area contributed by atoms with Gasteiger partial charge in [-0.2, -0.15) is 0 Å². The van der Waals surface area contributed by atoms with Gasteiger partial charge in [0.25, 0.3) is 0 Å². The molecule has 0 aliphatic rings. The summed E-state index contributed by atoms with van der Waals surface area (Å²) < 4.78 is 16.9. The standard InChI is InChI=1S/C35H57NO7/c1-6-8-10-12-14-15-16-17-18-20-22-24-26-34(38)43-31(29-41-28-27-32(35(39)40)36(3,4)5)30-42-33(37)25-23-21-19-13-11-9-7-2/h8-11,14-15,17-19,21,31-32H,6-7,12-13,16,20,22-30H2,1-5H3/p+1/b10-8+,11-9+,15-14+,18-17+,21-19+. The van der Waals surface area contributed by atoms with Gasteiger partial charge >= 0.3 is 17.9 Å². The van der Waals surface area contributed by atoms with Crippen molar-refractivity contribution in [1.82, 2.24) is 0 Å². The van der Waals surface area contributed by atoms with Gasteiger partial charge in [0, 0.05) is 19.3 Å². The number of esters is 2. The molecule has 0 fully saturated rings. The smallest absolute Gasteiger partial charge is 0.362 e. The number of carboxylic acid groups (broad SMARTS) is 1. The normalized spacial score (nSPS) is 14.0. The molecule has 0 saturated carbocycles. The van der Waals surface area contributed by atoms with E-state index in [1.54, 1.807) is 0 Å². The van der Waals surface area contributed by atoms with Gasteiger partial charge in [-0.15, -0.1) is 0 Å². The first-order valence-electron chi connectivity index (χ1n) is 15.8. The number of carbonyl (C=O) groups excluding carboxylic acids is 2. The minimum Gasteiger partial charge on any atom is -0.477 e. The Kier molecular flexibility index (Phi) is 24.8. The van der Waals surface area contributed by atoms with E-state index >= 15 is 0 Å². The van der Waals surface area contributed by atoms with Gasteiger partial charge in [-0.25, -0.2) is 4.79 Å². The fourth-order valence-corrected chi connectivity index (χ4v) is 3.99.